The third-order valence-corrected chi connectivity index (χ3v) is 4.76. The van der Waals surface area contributed by atoms with Crippen molar-refractivity contribution in [2.45, 2.75) is 13.0 Å². The first kappa shape index (κ1) is 14.5. The first-order valence-electron chi connectivity index (χ1n) is 5.64. The Balaban J connectivity index is 2.46. The van der Waals surface area contributed by atoms with Gasteiger partial charge in [0, 0.05) is 34.5 Å². The van der Waals surface area contributed by atoms with E-state index in [2.05, 4.69) is 26.6 Å². The topological polar surface area (TPSA) is 44.4 Å². The maximum Gasteiger partial charge on any atom is 0.253 e. The number of halogens is 1. The molecule has 1 aliphatic heterocycles. The molecule has 1 amide bonds. The van der Waals surface area contributed by atoms with E-state index in [4.69, 9.17) is 12.2 Å². The molecule has 0 saturated heterocycles. The number of nitrogens with zero attached hydrogens (tertiary/aromatic N) is 1. The van der Waals surface area contributed by atoms with E-state index in [-0.39, 0.29) is 11.9 Å². The molecule has 2 heterocycles. The van der Waals surface area contributed by atoms with Gasteiger partial charge in [-0.1, -0.05) is 0 Å². The van der Waals surface area contributed by atoms with Crippen LogP contribution in [0.2, 0.25) is 0 Å². The van der Waals surface area contributed by atoms with Crippen LogP contribution in [0.4, 0.5) is 0 Å². The zero-order valence-corrected chi connectivity index (χ0v) is 14.0. The van der Waals surface area contributed by atoms with Crippen molar-refractivity contribution in [3.05, 3.63) is 32.1 Å². The van der Waals surface area contributed by atoms with Gasteiger partial charge in [-0.15, -0.1) is 11.3 Å². The minimum atomic E-state index is -0.194. The Morgan fingerprint density at radius 1 is 1.53 bits per heavy atom. The molecule has 0 spiro atoms. The predicted molar refractivity (Wildman–Crippen MR) is 85.0 cm³/mol. The van der Waals surface area contributed by atoms with Crippen molar-refractivity contribution in [3.63, 3.8) is 0 Å². The van der Waals surface area contributed by atoms with Crippen molar-refractivity contribution in [1.29, 1.82) is 0 Å². The van der Waals surface area contributed by atoms with Gasteiger partial charge >= 0.3 is 0 Å². The molecular weight excluding hydrogens is 346 g/mol. The van der Waals surface area contributed by atoms with Gasteiger partial charge in [0.05, 0.1) is 11.6 Å². The quantitative estimate of drug-likeness (QED) is 0.795. The fourth-order valence-corrected chi connectivity index (χ4v) is 3.69. The molecule has 19 heavy (non-hydrogen) atoms. The number of amides is 1. The molecule has 0 radical (unpaired) electrons. The first-order valence-corrected chi connectivity index (χ1v) is 7.72. The SMILES string of the molecule is CC1=C(C(=O)N(C)C)[C@@H](c2cc(Br)cs2)NC(=S)N1. The average molecular weight is 360 g/mol. The molecule has 0 aromatic carbocycles. The monoisotopic (exact) mass is 359 g/mol. The van der Waals surface area contributed by atoms with Gasteiger partial charge in [-0.05, 0) is 41.1 Å². The molecule has 1 aromatic heterocycles. The fraction of sp³-hybridized carbons (Fsp3) is 0.333. The first-order chi connectivity index (χ1) is 8.90. The number of carbonyl (C=O) groups is 1. The summed E-state index contributed by atoms with van der Waals surface area (Å²) in [5.41, 5.74) is 1.50. The highest BCUT2D eigenvalue weighted by Crippen LogP contribution is 2.33. The molecule has 0 fully saturated rings. The van der Waals surface area contributed by atoms with Gasteiger partial charge in [0.1, 0.15) is 0 Å². The van der Waals surface area contributed by atoms with Gasteiger partial charge < -0.3 is 15.5 Å². The van der Waals surface area contributed by atoms with Crippen LogP contribution in [0.3, 0.4) is 0 Å². The van der Waals surface area contributed by atoms with Gasteiger partial charge in [-0.25, -0.2) is 0 Å². The molecule has 2 rings (SSSR count). The number of carbonyl (C=O) groups excluding carboxylic acids is 1. The molecule has 1 aromatic rings. The highest BCUT2D eigenvalue weighted by molar-refractivity contribution is 9.10. The summed E-state index contributed by atoms with van der Waals surface area (Å²) in [5, 5.41) is 8.72. The van der Waals surface area contributed by atoms with Crippen LogP contribution in [0.5, 0.6) is 0 Å². The van der Waals surface area contributed by atoms with E-state index < -0.39 is 0 Å². The molecule has 0 bridgehead atoms. The second-order valence-electron chi connectivity index (χ2n) is 4.44. The molecular formula is C12H14BrN3OS2. The number of hydrogen-bond donors (Lipinski definition) is 2. The predicted octanol–water partition coefficient (Wildman–Crippen LogP) is 2.39. The Bertz CT molecular complexity index is 565. The van der Waals surface area contributed by atoms with Gasteiger partial charge in [0.15, 0.2) is 5.11 Å². The highest BCUT2D eigenvalue weighted by Gasteiger charge is 2.31. The number of nitrogens with one attached hydrogen (secondary N) is 2. The standard InChI is InChI=1S/C12H14BrN3OS2/c1-6-9(11(17)16(2)3)10(15-12(18)14-6)8-4-7(13)5-19-8/h4-5,10H,1-3H3,(H2,14,15,18)/t10-/m1/s1. The van der Waals surface area contributed by atoms with Crippen molar-refractivity contribution >= 4 is 50.5 Å². The lowest BCUT2D eigenvalue weighted by Crippen LogP contribution is -2.46. The summed E-state index contributed by atoms with van der Waals surface area (Å²) in [6.07, 6.45) is 0. The van der Waals surface area contributed by atoms with E-state index in [0.29, 0.717) is 10.7 Å². The zero-order valence-electron chi connectivity index (χ0n) is 10.8. The number of thiophene rings is 1. The summed E-state index contributed by atoms with van der Waals surface area (Å²) in [4.78, 5) is 15.0. The zero-order chi connectivity index (χ0) is 14.2. The second kappa shape index (κ2) is 5.60. The van der Waals surface area contributed by atoms with Crippen LogP contribution >= 0.6 is 39.5 Å². The van der Waals surface area contributed by atoms with E-state index in [1.165, 1.54) is 0 Å². The second-order valence-corrected chi connectivity index (χ2v) is 6.70. The van der Waals surface area contributed by atoms with Crippen molar-refractivity contribution in [2.24, 2.45) is 0 Å². The van der Waals surface area contributed by atoms with Crippen LogP contribution in [0, 0.1) is 0 Å². The summed E-state index contributed by atoms with van der Waals surface area (Å²) < 4.78 is 1.01. The molecule has 1 atom stereocenters. The van der Waals surface area contributed by atoms with Crippen LogP contribution in [-0.2, 0) is 4.79 Å². The average Bonchev–Trinajstić information content (AvgIpc) is 2.74. The number of allylic oxidation sites excluding steroid dienone is 1. The maximum atomic E-state index is 12.3. The van der Waals surface area contributed by atoms with E-state index >= 15 is 0 Å². The van der Waals surface area contributed by atoms with Gasteiger partial charge in [0.2, 0.25) is 0 Å². The van der Waals surface area contributed by atoms with Crippen LogP contribution in [-0.4, -0.2) is 30.0 Å². The molecule has 2 N–H and O–H groups in total. The molecule has 1 aliphatic rings. The van der Waals surface area contributed by atoms with Gasteiger partial charge in [-0.2, -0.15) is 0 Å². The molecule has 7 heteroatoms. The number of rotatable bonds is 2. The van der Waals surface area contributed by atoms with E-state index in [1.807, 2.05) is 18.4 Å². The largest absolute Gasteiger partial charge is 0.350 e. The summed E-state index contributed by atoms with van der Waals surface area (Å²) in [6, 6.07) is 1.81. The van der Waals surface area contributed by atoms with Crippen LogP contribution in [0.1, 0.15) is 17.8 Å². The highest BCUT2D eigenvalue weighted by atomic mass is 79.9. The Morgan fingerprint density at radius 2 is 2.21 bits per heavy atom. The summed E-state index contributed by atoms with van der Waals surface area (Å²) in [6.45, 7) is 1.87. The smallest absolute Gasteiger partial charge is 0.253 e. The lowest BCUT2D eigenvalue weighted by atomic mass is 10.0. The Kier molecular flexibility index (Phi) is 4.27. The normalized spacial score (nSPS) is 18.9. The minimum absolute atomic E-state index is 0.0190. The van der Waals surface area contributed by atoms with Crippen molar-refractivity contribution in [1.82, 2.24) is 15.5 Å². The third kappa shape index (κ3) is 2.98. The lowest BCUT2D eigenvalue weighted by molar-refractivity contribution is -0.125. The number of likely N-dealkylation sites (N-methyl/N-ethyl adjacent to an activating group) is 1. The lowest BCUT2D eigenvalue weighted by Gasteiger charge is -2.30. The Morgan fingerprint density at radius 3 is 2.74 bits per heavy atom. The minimum Gasteiger partial charge on any atom is -0.350 e. The van der Waals surface area contributed by atoms with E-state index in [1.54, 1.807) is 30.3 Å². The molecule has 0 unspecified atom stereocenters. The Labute approximate surface area is 130 Å². The van der Waals surface area contributed by atoms with Crippen molar-refractivity contribution in [2.75, 3.05) is 14.1 Å². The van der Waals surface area contributed by atoms with E-state index in [0.717, 1.165) is 15.0 Å². The fourth-order valence-electron chi connectivity index (χ4n) is 1.91. The summed E-state index contributed by atoms with van der Waals surface area (Å²) >= 11 is 10.2. The maximum absolute atomic E-state index is 12.3. The van der Waals surface area contributed by atoms with Crippen LogP contribution in [0.15, 0.2) is 27.2 Å². The number of hydrogen-bond acceptors (Lipinski definition) is 3. The molecule has 0 aliphatic carbocycles. The Hall–Kier alpha value is -0.920. The molecule has 0 saturated carbocycles. The van der Waals surface area contributed by atoms with Crippen molar-refractivity contribution in [3.8, 4) is 0 Å². The van der Waals surface area contributed by atoms with Crippen molar-refractivity contribution < 1.29 is 4.79 Å². The summed E-state index contributed by atoms with van der Waals surface area (Å²) in [7, 11) is 3.49. The molecule has 4 nitrogen and oxygen atoms in total. The van der Waals surface area contributed by atoms with Gasteiger partial charge in [-0.3, -0.25) is 4.79 Å². The van der Waals surface area contributed by atoms with E-state index in [9.17, 15) is 4.79 Å². The third-order valence-electron chi connectivity index (χ3n) is 2.78. The van der Waals surface area contributed by atoms with Crippen LogP contribution in [0.25, 0.3) is 0 Å². The molecule has 102 valence electrons. The van der Waals surface area contributed by atoms with Gasteiger partial charge in [0.25, 0.3) is 5.91 Å². The summed E-state index contributed by atoms with van der Waals surface area (Å²) in [5.74, 6) is -0.0190. The van der Waals surface area contributed by atoms with Crippen LogP contribution < -0.4 is 10.6 Å². The number of thiocarbonyl (C=S) groups is 1.